The van der Waals surface area contributed by atoms with E-state index in [-0.39, 0.29) is 0 Å². The maximum Gasteiger partial charge on any atom is 0.248 e. The standard InChI is InChI=1S/C12H14N6O/c1-15-11-9(13)12(17-6-16-11)18-8-4-2-7(3-5-8)10(14)19/h2-6H,13H2,1H3,(H2,14,19)(H2,15,16,17,18). The fourth-order valence-electron chi connectivity index (χ4n) is 1.55. The summed E-state index contributed by atoms with van der Waals surface area (Å²) in [5, 5.41) is 5.91. The second-order valence-electron chi connectivity index (χ2n) is 3.80. The highest BCUT2D eigenvalue weighted by atomic mass is 16.1. The Bertz CT molecular complexity index is 596. The van der Waals surface area contributed by atoms with Gasteiger partial charge in [-0.15, -0.1) is 0 Å². The van der Waals surface area contributed by atoms with Crippen molar-refractivity contribution >= 4 is 28.9 Å². The number of carbonyl (C=O) groups is 1. The normalized spacial score (nSPS) is 9.95. The summed E-state index contributed by atoms with van der Waals surface area (Å²) in [4.78, 5) is 19.0. The van der Waals surface area contributed by atoms with Crippen LogP contribution in [-0.4, -0.2) is 22.9 Å². The topological polar surface area (TPSA) is 119 Å². The number of nitrogens with two attached hydrogens (primary N) is 2. The number of amides is 1. The van der Waals surface area contributed by atoms with E-state index in [9.17, 15) is 4.79 Å². The highest BCUT2D eigenvalue weighted by Gasteiger charge is 2.07. The van der Waals surface area contributed by atoms with Gasteiger partial charge < -0.3 is 22.1 Å². The van der Waals surface area contributed by atoms with E-state index in [4.69, 9.17) is 11.5 Å². The van der Waals surface area contributed by atoms with Crippen LogP contribution in [0.4, 0.5) is 23.0 Å². The van der Waals surface area contributed by atoms with Gasteiger partial charge in [0.1, 0.15) is 12.0 Å². The van der Waals surface area contributed by atoms with Gasteiger partial charge in [-0.3, -0.25) is 4.79 Å². The smallest absolute Gasteiger partial charge is 0.248 e. The lowest BCUT2D eigenvalue weighted by atomic mass is 10.2. The van der Waals surface area contributed by atoms with Gasteiger partial charge in [0.2, 0.25) is 5.91 Å². The molecule has 0 aliphatic rings. The molecule has 7 nitrogen and oxygen atoms in total. The molecule has 7 heteroatoms. The lowest BCUT2D eigenvalue weighted by Gasteiger charge is -2.10. The monoisotopic (exact) mass is 258 g/mol. The molecule has 0 atom stereocenters. The van der Waals surface area contributed by atoms with Gasteiger partial charge in [-0.2, -0.15) is 0 Å². The molecular weight excluding hydrogens is 244 g/mol. The second kappa shape index (κ2) is 5.21. The molecule has 0 saturated carbocycles. The van der Waals surface area contributed by atoms with E-state index in [2.05, 4.69) is 20.6 Å². The van der Waals surface area contributed by atoms with Crippen molar-refractivity contribution in [2.24, 2.45) is 5.73 Å². The minimum Gasteiger partial charge on any atom is -0.393 e. The summed E-state index contributed by atoms with van der Waals surface area (Å²) in [5.74, 6) is 0.572. The average molecular weight is 258 g/mol. The molecule has 0 saturated heterocycles. The van der Waals surface area contributed by atoms with Crippen molar-refractivity contribution in [1.82, 2.24) is 9.97 Å². The highest BCUT2D eigenvalue weighted by molar-refractivity contribution is 5.93. The largest absolute Gasteiger partial charge is 0.393 e. The maximum absolute atomic E-state index is 11.0. The molecule has 0 radical (unpaired) electrons. The van der Waals surface area contributed by atoms with Crippen molar-refractivity contribution < 1.29 is 4.79 Å². The van der Waals surface area contributed by atoms with Gasteiger partial charge in [0.15, 0.2) is 11.6 Å². The molecule has 1 aromatic heterocycles. The van der Waals surface area contributed by atoms with Crippen LogP contribution in [-0.2, 0) is 0 Å². The predicted molar refractivity (Wildman–Crippen MR) is 74.2 cm³/mol. The number of aromatic nitrogens is 2. The molecule has 0 bridgehead atoms. The molecular formula is C12H14N6O. The van der Waals surface area contributed by atoms with Gasteiger partial charge >= 0.3 is 0 Å². The van der Waals surface area contributed by atoms with Crippen LogP contribution in [0, 0.1) is 0 Å². The van der Waals surface area contributed by atoms with Crippen molar-refractivity contribution in [2.75, 3.05) is 23.4 Å². The number of nitrogens with one attached hydrogen (secondary N) is 2. The van der Waals surface area contributed by atoms with Crippen LogP contribution in [0.1, 0.15) is 10.4 Å². The molecule has 98 valence electrons. The van der Waals surface area contributed by atoms with Crippen LogP contribution in [0.25, 0.3) is 0 Å². The highest BCUT2D eigenvalue weighted by Crippen LogP contribution is 2.25. The van der Waals surface area contributed by atoms with Crippen LogP contribution in [0.3, 0.4) is 0 Å². The number of rotatable bonds is 4. The first-order valence-corrected chi connectivity index (χ1v) is 5.57. The van der Waals surface area contributed by atoms with Crippen molar-refractivity contribution in [3.8, 4) is 0 Å². The molecule has 0 aliphatic heterocycles. The van der Waals surface area contributed by atoms with E-state index in [1.54, 1.807) is 31.3 Å². The fourth-order valence-corrected chi connectivity index (χ4v) is 1.55. The molecule has 19 heavy (non-hydrogen) atoms. The summed E-state index contributed by atoms with van der Waals surface area (Å²) in [6, 6.07) is 6.70. The molecule has 0 spiro atoms. The molecule has 6 N–H and O–H groups in total. The summed E-state index contributed by atoms with van der Waals surface area (Å²) in [6.45, 7) is 0. The van der Waals surface area contributed by atoms with Gasteiger partial charge in [0.05, 0.1) is 0 Å². The average Bonchev–Trinajstić information content (AvgIpc) is 2.42. The first kappa shape index (κ1) is 12.6. The third-order valence-electron chi connectivity index (χ3n) is 2.55. The molecule has 0 unspecified atom stereocenters. The number of hydrogen-bond donors (Lipinski definition) is 4. The minimum absolute atomic E-state index is 0.420. The van der Waals surface area contributed by atoms with E-state index in [0.29, 0.717) is 22.9 Å². The van der Waals surface area contributed by atoms with Gasteiger partial charge in [0, 0.05) is 18.3 Å². The Labute approximate surface area is 110 Å². The minimum atomic E-state index is -0.467. The number of nitrogen functional groups attached to an aromatic ring is 1. The summed E-state index contributed by atoms with van der Waals surface area (Å²) >= 11 is 0. The van der Waals surface area contributed by atoms with Gasteiger partial charge in [-0.1, -0.05) is 0 Å². The van der Waals surface area contributed by atoms with E-state index in [0.717, 1.165) is 5.69 Å². The fraction of sp³-hybridized carbons (Fsp3) is 0.0833. The zero-order valence-electron chi connectivity index (χ0n) is 10.3. The van der Waals surface area contributed by atoms with E-state index < -0.39 is 5.91 Å². The first-order valence-electron chi connectivity index (χ1n) is 5.57. The third-order valence-corrected chi connectivity index (χ3v) is 2.55. The first-order chi connectivity index (χ1) is 9.11. The number of benzene rings is 1. The summed E-state index contributed by atoms with van der Waals surface area (Å²) in [6.07, 6.45) is 1.41. The Morgan fingerprint density at radius 1 is 1.16 bits per heavy atom. The predicted octanol–water partition coefficient (Wildman–Crippen LogP) is 0.943. The number of nitrogens with zero attached hydrogens (tertiary/aromatic N) is 2. The Balaban J connectivity index is 2.24. The lowest BCUT2D eigenvalue weighted by molar-refractivity contribution is 0.100. The maximum atomic E-state index is 11.0. The van der Waals surface area contributed by atoms with Crippen LogP contribution in [0.2, 0.25) is 0 Å². The Hall–Kier alpha value is -2.83. The zero-order valence-corrected chi connectivity index (χ0v) is 10.3. The quantitative estimate of drug-likeness (QED) is 0.648. The van der Waals surface area contributed by atoms with E-state index >= 15 is 0 Å². The molecule has 1 amide bonds. The molecule has 1 aromatic carbocycles. The van der Waals surface area contributed by atoms with Crippen molar-refractivity contribution in [1.29, 1.82) is 0 Å². The zero-order chi connectivity index (χ0) is 13.8. The summed E-state index contributed by atoms with van der Waals surface area (Å²) < 4.78 is 0. The summed E-state index contributed by atoms with van der Waals surface area (Å²) in [5.41, 5.74) is 12.7. The Morgan fingerprint density at radius 3 is 2.37 bits per heavy atom. The lowest BCUT2D eigenvalue weighted by Crippen LogP contribution is -2.10. The van der Waals surface area contributed by atoms with Crippen LogP contribution in [0.5, 0.6) is 0 Å². The van der Waals surface area contributed by atoms with E-state index in [1.165, 1.54) is 6.33 Å². The van der Waals surface area contributed by atoms with Crippen molar-refractivity contribution in [2.45, 2.75) is 0 Å². The Morgan fingerprint density at radius 2 is 1.79 bits per heavy atom. The summed E-state index contributed by atoms with van der Waals surface area (Å²) in [7, 11) is 1.73. The number of carbonyl (C=O) groups excluding carboxylic acids is 1. The SMILES string of the molecule is CNc1ncnc(Nc2ccc(C(N)=O)cc2)c1N. The molecule has 2 aromatic rings. The number of hydrogen-bond acceptors (Lipinski definition) is 6. The van der Waals surface area contributed by atoms with Crippen LogP contribution in [0.15, 0.2) is 30.6 Å². The third kappa shape index (κ3) is 2.71. The van der Waals surface area contributed by atoms with Crippen LogP contribution < -0.4 is 22.1 Å². The van der Waals surface area contributed by atoms with E-state index in [1.807, 2.05) is 0 Å². The molecule has 0 fully saturated rings. The van der Waals surface area contributed by atoms with Crippen molar-refractivity contribution in [3.63, 3.8) is 0 Å². The molecule has 0 aliphatic carbocycles. The number of anilines is 4. The Kier molecular flexibility index (Phi) is 3.46. The van der Waals surface area contributed by atoms with Gasteiger partial charge in [-0.05, 0) is 24.3 Å². The van der Waals surface area contributed by atoms with Crippen molar-refractivity contribution in [3.05, 3.63) is 36.2 Å². The van der Waals surface area contributed by atoms with Gasteiger partial charge in [-0.25, -0.2) is 9.97 Å². The number of primary amides is 1. The second-order valence-corrected chi connectivity index (χ2v) is 3.80. The van der Waals surface area contributed by atoms with Gasteiger partial charge in [0.25, 0.3) is 0 Å². The molecule has 1 heterocycles. The molecule has 2 rings (SSSR count). The van der Waals surface area contributed by atoms with Crippen LogP contribution >= 0.6 is 0 Å².